The summed E-state index contributed by atoms with van der Waals surface area (Å²) < 4.78 is 9.15. The molecule has 0 atom stereocenters. The number of ether oxygens (including phenoxy) is 1. The van der Waals surface area contributed by atoms with Crippen molar-refractivity contribution in [3.8, 4) is 5.75 Å². The quantitative estimate of drug-likeness (QED) is 0.301. The predicted octanol–water partition coefficient (Wildman–Crippen LogP) is 5.75. The van der Waals surface area contributed by atoms with Gasteiger partial charge < -0.3 is 9.30 Å². The minimum Gasteiger partial charge on any atom is -0.492 e. The molecule has 0 aliphatic carbocycles. The fourth-order valence-corrected chi connectivity index (χ4v) is 3.85. The largest absolute Gasteiger partial charge is 0.492 e. The molecule has 148 valence electrons. The fraction of sp³-hybridized carbons (Fsp3) is 0.217. The van der Waals surface area contributed by atoms with Crippen molar-refractivity contribution < 1.29 is 4.74 Å². The number of nitrogens with one attached hydrogen (secondary N) is 1. The number of hydrogen-bond donors (Lipinski definition) is 1. The SMILES string of the molecule is CC(C)c1ccc(OCCn2cccc2/C=N\Nc2nc3ccccc3s2)cc1. The highest BCUT2D eigenvalue weighted by Gasteiger charge is 2.03. The molecule has 1 N–H and O–H groups in total. The van der Waals surface area contributed by atoms with Crippen molar-refractivity contribution in [1.29, 1.82) is 0 Å². The molecule has 0 radical (unpaired) electrons. The Balaban J connectivity index is 1.31. The number of fused-ring (bicyclic) bond motifs is 1. The van der Waals surface area contributed by atoms with Crippen LogP contribution in [0.5, 0.6) is 5.75 Å². The lowest BCUT2D eigenvalue weighted by molar-refractivity contribution is 0.298. The molecule has 0 saturated heterocycles. The number of para-hydroxylation sites is 1. The number of aromatic nitrogens is 2. The third kappa shape index (κ3) is 4.84. The summed E-state index contributed by atoms with van der Waals surface area (Å²) in [4.78, 5) is 4.52. The molecule has 2 aromatic carbocycles. The number of benzene rings is 2. The Morgan fingerprint density at radius 2 is 1.93 bits per heavy atom. The van der Waals surface area contributed by atoms with E-state index < -0.39 is 0 Å². The van der Waals surface area contributed by atoms with E-state index in [-0.39, 0.29) is 0 Å². The van der Waals surface area contributed by atoms with Crippen LogP contribution >= 0.6 is 11.3 Å². The first-order chi connectivity index (χ1) is 14.2. The first kappa shape index (κ1) is 19.2. The molecule has 0 saturated carbocycles. The van der Waals surface area contributed by atoms with Crippen molar-refractivity contribution in [3.63, 3.8) is 0 Å². The standard InChI is InChI=1S/C23H24N4OS/c1-17(2)18-9-11-20(12-10-18)28-15-14-27-13-5-6-19(27)16-24-26-23-25-21-7-3-4-8-22(21)29-23/h3-13,16-17H,14-15H2,1-2H3,(H,25,26)/b24-16-. The molecule has 0 aliphatic heterocycles. The average molecular weight is 405 g/mol. The van der Waals surface area contributed by atoms with E-state index in [1.807, 2.05) is 54.9 Å². The minimum absolute atomic E-state index is 0.530. The van der Waals surface area contributed by atoms with Gasteiger partial charge in [0.2, 0.25) is 5.13 Å². The van der Waals surface area contributed by atoms with Crippen LogP contribution in [0.25, 0.3) is 10.2 Å². The normalized spacial score (nSPS) is 11.6. The summed E-state index contributed by atoms with van der Waals surface area (Å²) in [5, 5.41) is 5.13. The zero-order valence-electron chi connectivity index (χ0n) is 16.6. The van der Waals surface area contributed by atoms with E-state index in [4.69, 9.17) is 4.74 Å². The van der Waals surface area contributed by atoms with Gasteiger partial charge in [-0.05, 0) is 47.9 Å². The maximum atomic E-state index is 5.89. The Hall–Kier alpha value is -3.12. The van der Waals surface area contributed by atoms with E-state index in [9.17, 15) is 0 Å². The second-order valence-electron chi connectivity index (χ2n) is 7.06. The van der Waals surface area contributed by atoms with E-state index in [0.717, 1.165) is 33.3 Å². The van der Waals surface area contributed by atoms with Gasteiger partial charge in [-0.25, -0.2) is 4.98 Å². The van der Waals surface area contributed by atoms with E-state index in [1.165, 1.54) is 5.56 Å². The van der Waals surface area contributed by atoms with Crippen LogP contribution in [-0.4, -0.2) is 22.4 Å². The summed E-state index contributed by atoms with van der Waals surface area (Å²) in [6.45, 7) is 5.73. The first-order valence-corrected chi connectivity index (χ1v) is 10.5. The summed E-state index contributed by atoms with van der Waals surface area (Å²) in [5.74, 6) is 1.43. The van der Waals surface area contributed by atoms with Crippen LogP contribution in [0, 0.1) is 0 Å². The van der Waals surface area contributed by atoms with Crippen LogP contribution in [0.1, 0.15) is 31.0 Å². The summed E-state index contributed by atoms with van der Waals surface area (Å²) in [7, 11) is 0. The molecule has 0 fully saturated rings. The number of thiazole rings is 1. The number of hydrogen-bond acceptors (Lipinski definition) is 5. The monoisotopic (exact) mass is 404 g/mol. The number of hydrazone groups is 1. The van der Waals surface area contributed by atoms with Crippen molar-refractivity contribution in [2.75, 3.05) is 12.0 Å². The van der Waals surface area contributed by atoms with Gasteiger partial charge in [0.25, 0.3) is 0 Å². The minimum atomic E-state index is 0.530. The topological polar surface area (TPSA) is 51.4 Å². The molecule has 0 aliphatic rings. The highest BCUT2D eigenvalue weighted by Crippen LogP contribution is 2.25. The number of nitrogens with zero attached hydrogens (tertiary/aromatic N) is 3. The van der Waals surface area contributed by atoms with Gasteiger partial charge in [-0.15, -0.1) is 0 Å². The highest BCUT2D eigenvalue weighted by atomic mass is 32.1. The Labute approximate surface area is 174 Å². The van der Waals surface area contributed by atoms with E-state index in [0.29, 0.717) is 12.5 Å². The van der Waals surface area contributed by atoms with Crippen LogP contribution in [0.15, 0.2) is 72.0 Å². The molecule has 0 unspecified atom stereocenters. The molecule has 0 amide bonds. The van der Waals surface area contributed by atoms with Crippen LogP contribution in [0.3, 0.4) is 0 Å². The second-order valence-corrected chi connectivity index (χ2v) is 8.09. The molecule has 2 heterocycles. The van der Waals surface area contributed by atoms with E-state index in [2.05, 4.69) is 52.1 Å². The van der Waals surface area contributed by atoms with Gasteiger partial charge in [0.05, 0.1) is 28.7 Å². The lowest BCUT2D eigenvalue weighted by atomic mass is 10.0. The third-order valence-electron chi connectivity index (χ3n) is 4.66. The van der Waals surface area contributed by atoms with Gasteiger partial charge in [0.1, 0.15) is 12.4 Å². The first-order valence-electron chi connectivity index (χ1n) is 9.71. The van der Waals surface area contributed by atoms with Crippen LogP contribution < -0.4 is 10.2 Å². The molecule has 2 aromatic heterocycles. The maximum absolute atomic E-state index is 5.89. The Bertz CT molecular complexity index is 1060. The zero-order chi connectivity index (χ0) is 20.1. The van der Waals surface area contributed by atoms with Gasteiger partial charge in [-0.3, -0.25) is 5.43 Å². The summed E-state index contributed by atoms with van der Waals surface area (Å²) in [5.41, 5.74) is 6.34. The van der Waals surface area contributed by atoms with Gasteiger partial charge in [-0.1, -0.05) is 49.4 Å². The number of anilines is 1. The third-order valence-corrected chi connectivity index (χ3v) is 5.60. The molecule has 6 heteroatoms. The summed E-state index contributed by atoms with van der Waals surface area (Å²) in [6.07, 6.45) is 3.84. The van der Waals surface area contributed by atoms with Gasteiger partial charge in [-0.2, -0.15) is 5.10 Å². The Morgan fingerprint density at radius 1 is 1.10 bits per heavy atom. The van der Waals surface area contributed by atoms with Crippen molar-refractivity contribution in [3.05, 3.63) is 78.1 Å². The number of rotatable bonds is 8. The maximum Gasteiger partial charge on any atom is 0.204 e. The molecule has 0 spiro atoms. The molecule has 4 rings (SSSR count). The Morgan fingerprint density at radius 3 is 2.72 bits per heavy atom. The van der Waals surface area contributed by atoms with Crippen molar-refractivity contribution in [2.45, 2.75) is 26.3 Å². The lowest BCUT2D eigenvalue weighted by Gasteiger charge is -2.10. The van der Waals surface area contributed by atoms with Gasteiger partial charge in [0.15, 0.2) is 0 Å². The highest BCUT2D eigenvalue weighted by molar-refractivity contribution is 7.22. The molecule has 29 heavy (non-hydrogen) atoms. The smallest absolute Gasteiger partial charge is 0.204 e. The van der Waals surface area contributed by atoms with Crippen LogP contribution in [0.4, 0.5) is 5.13 Å². The summed E-state index contributed by atoms with van der Waals surface area (Å²) >= 11 is 1.59. The second kappa shape index (κ2) is 8.92. The van der Waals surface area contributed by atoms with Crippen molar-refractivity contribution >= 4 is 32.9 Å². The van der Waals surface area contributed by atoms with E-state index >= 15 is 0 Å². The van der Waals surface area contributed by atoms with Crippen molar-refractivity contribution in [1.82, 2.24) is 9.55 Å². The molecule has 4 aromatic rings. The average Bonchev–Trinajstić information content (AvgIpc) is 3.35. The Kier molecular flexibility index (Phi) is 5.91. The molecular formula is C23H24N4OS. The fourth-order valence-electron chi connectivity index (χ4n) is 3.03. The van der Waals surface area contributed by atoms with E-state index in [1.54, 1.807) is 11.3 Å². The molecule has 5 nitrogen and oxygen atoms in total. The van der Waals surface area contributed by atoms with Gasteiger partial charge in [0, 0.05) is 6.20 Å². The van der Waals surface area contributed by atoms with Crippen LogP contribution in [-0.2, 0) is 6.54 Å². The predicted molar refractivity (Wildman–Crippen MR) is 121 cm³/mol. The summed E-state index contributed by atoms with van der Waals surface area (Å²) in [6, 6.07) is 20.4. The molecule has 0 bridgehead atoms. The van der Waals surface area contributed by atoms with Crippen molar-refractivity contribution in [2.24, 2.45) is 5.10 Å². The van der Waals surface area contributed by atoms with Crippen LogP contribution in [0.2, 0.25) is 0 Å². The zero-order valence-corrected chi connectivity index (χ0v) is 17.4. The lowest BCUT2D eigenvalue weighted by Crippen LogP contribution is -2.10. The van der Waals surface area contributed by atoms with Gasteiger partial charge >= 0.3 is 0 Å². The molecular weight excluding hydrogens is 380 g/mol.